The Balaban J connectivity index is 0.00000102. The fourth-order valence-electron chi connectivity index (χ4n) is 9.15. The van der Waals surface area contributed by atoms with Crippen LogP contribution in [-0.4, -0.2) is 15.2 Å². The van der Waals surface area contributed by atoms with Crippen LogP contribution < -0.4 is 0 Å². The number of halogens is 2. The fourth-order valence-corrected chi connectivity index (χ4v) is 23.2. The summed E-state index contributed by atoms with van der Waals surface area (Å²) in [4.78, 5) is 0. The Morgan fingerprint density at radius 2 is 1.49 bits per heavy atom. The Morgan fingerprint density at radius 1 is 0.795 bits per heavy atom. The zero-order chi connectivity index (χ0) is 26.6. The molecule has 2 aromatic carbocycles. The maximum absolute atomic E-state index is 4.93. The topological polar surface area (TPSA) is 0 Å². The molecule has 218 valence electrons. The Hall–Kier alpha value is 0.597. The number of rotatable bonds is 7. The zero-order valence-corrected chi connectivity index (χ0v) is 32.0. The van der Waals surface area contributed by atoms with Crippen LogP contribution in [0.15, 0.2) is 42.5 Å². The van der Waals surface area contributed by atoms with Crippen LogP contribution in [0.1, 0.15) is 89.0 Å². The Morgan fingerprint density at radius 3 is 2.21 bits per heavy atom. The number of hydrogen-bond acceptors (Lipinski definition) is 0. The van der Waals surface area contributed by atoms with Crippen molar-refractivity contribution in [2.75, 3.05) is 0 Å². The van der Waals surface area contributed by atoms with Gasteiger partial charge < -0.3 is 14.9 Å². The summed E-state index contributed by atoms with van der Waals surface area (Å²) < 4.78 is 0. The first-order valence-corrected chi connectivity index (χ1v) is 28.7. The van der Waals surface area contributed by atoms with E-state index in [0.29, 0.717) is 0 Å². The van der Waals surface area contributed by atoms with Crippen LogP contribution >= 0.6 is 17.0 Å². The average Bonchev–Trinajstić information content (AvgIpc) is 3.55. The maximum atomic E-state index is 4.93. The predicted molar refractivity (Wildman–Crippen MR) is 181 cm³/mol. The minimum atomic E-state index is -1.28. The Labute approximate surface area is 263 Å². The fraction of sp³-hybridized carbons (Fsp3) is 0.647. The van der Waals surface area contributed by atoms with Gasteiger partial charge in [0.1, 0.15) is 0 Å². The van der Waals surface area contributed by atoms with E-state index in [4.69, 9.17) is 17.0 Å². The molecule has 39 heavy (non-hydrogen) atoms. The molecule has 2 aromatic rings. The van der Waals surface area contributed by atoms with E-state index >= 15 is 0 Å². The molecule has 3 aliphatic carbocycles. The number of fused-ring (bicyclic) bond motifs is 2. The summed E-state index contributed by atoms with van der Waals surface area (Å²) in [5.74, 6) is 3.82. The third-order valence-electron chi connectivity index (χ3n) is 11.8. The average molecular weight is 683 g/mol. The van der Waals surface area contributed by atoms with Crippen LogP contribution in [-0.2, 0) is 20.8 Å². The van der Waals surface area contributed by atoms with Gasteiger partial charge in [0.15, 0.2) is 0 Å². The molecular formula is C34H56Cl2Si2Zr. The second kappa shape index (κ2) is 15.9. The van der Waals surface area contributed by atoms with Gasteiger partial charge in [-0.1, -0.05) is 133 Å². The molecule has 6 unspecified atom stereocenters. The van der Waals surface area contributed by atoms with Crippen molar-refractivity contribution in [3.63, 3.8) is 0 Å². The summed E-state index contributed by atoms with van der Waals surface area (Å²) in [7, 11) is 7.36. The number of hydrogen-bond donors (Lipinski definition) is 0. The molecular weight excluding hydrogens is 627 g/mol. The molecule has 0 aliphatic heterocycles. The van der Waals surface area contributed by atoms with Crippen LogP contribution in [0, 0.1) is 32.6 Å². The van der Waals surface area contributed by atoms with E-state index in [1.807, 2.05) is 0 Å². The van der Waals surface area contributed by atoms with Crippen molar-refractivity contribution in [3.05, 3.63) is 62.9 Å². The second-order valence-electron chi connectivity index (χ2n) is 13.7. The standard InChI is InChI=1S/C32H50Si2.2CH3.2ClH.Zr/c1-6-7-12-24-19-20-26(23-24)33(2,3)34(4,5)32-22-21-30-29(17-11-18-31(30)32)28-16-10-14-25-13-8-9-15-27(25)28;;;;;/h8-10,13-16,24,26,29-32H,6-7,11-12,17-23H2,1-5H3;2*1H3;2*1H;/q;2*-1;;;+4/p-2. The third-order valence-corrected chi connectivity index (χ3v) is 32.5. The van der Waals surface area contributed by atoms with E-state index in [1.165, 1.54) is 55.7 Å². The van der Waals surface area contributed by atoms with Crippen LogP contribution in [0.3, 0.4) is 0 Å². The summed E-state index contributed by atoms with van der Waals surface area (Å²) in [5.41, 5.74) is 3.89. The van der Waals surface area contributed by atoms with Crippen molar-refractivity contribution >= 4 is 43.0 Å². The molecule has 0 spiro atoms. The molecule has 0 heterocycles. The van der Waals surface area contributed by atoms with Crippen LogP contribution in [0.5, 0.6) is 0 Å². The van der Waals surface area contributed by atoms with E-state index in [1.54, 1.807) is 31.2 Å². The molecule has 0 radical (unpaired) electrons. The molecule has 3 saturated carbocycles. The van der Waals surface area contributed by atoms with Crippen molar-refractivity contribution in [2.45, 2.75) is 121 Å². The summed E-state index contributed by atoms with van der Waals surface area (Å²) in [5, 5.41) is 2.98. The summed E-state index contributed by atoms with van der Waals surface area (Å²) >= 11 is -0.826. The SMILES string of the molecule is CCCCC1CCC([Si](C)(C)[Si](C)(C)C2CCC3C(c4cccc5ccccc45)CCCC32)C1.[CH3-].[CH3-].[Cl][Zr+2][Cl]. The monoisotopic (exact) mass is 680 g/mol. The van der Waals surface area contributed by atoms with E-state index < -0.39 is 36.0 Å². The Kier molecular flexibility index (Phi) is 14.6. The molecule has 5 heteroatoms. The molecule has 0 nitrogen and oxygen atoms in total. The van der Waals surface area contributed by atoms with Gasteiger partial charge in [-0.2, -0.15) is 0 Å². The van der Waals surface area contributed by atoms with Crippen molar-refractivity contribution in [2.24, 2.45) is 17.8 Å². The van der Waals surface area contributed by atoms with Gasteiger partial charge >= 0.3 is 37.9 Å². The first-order chi connectivity index (χ1) is 17.8. The van der Waals surface area contributed by atoms with Crippen molar-refractivity contribution < 1.29 is 20.8 Å². The van der Waals surface area contributed by atoms with Crippen molar-refractivity contribution in [3.8, 4) is 0 Å². The van der Waals surface area contributed by atoms with E-state index in [9.17, 15) is 0 Å². The minimum absolute atomic E-state index is 0. The molecule has 6 atom stereocenters. The van der Waals surface area contributed by atoms with Gasteiger partial charge in [-0.3, -0.25) is 0 Å². The van der Waals surface area contributed by atoms with Gasteiger partial charge in [-0.05, 0) is 63.9 Å². The van der Waals surface area contributed by atoms with Gasteiger partial charge in [0.2, 0.25) is 0 Å². The van der Waals surface area contributed by atoms with Crippen molar-refractivity contribution in [1.82, 2.24) is 0 Å². The first kappa shape index (κ1) is 35.8. The van der Waals surface area contributed by atoms with Crippen LogP contribution in [0.4, 0.5) is 0 Å². The van der Waals surface area contributed by atoms with Crippen molar-refractivity contribution in [1.29, 1.82) is 0 Å². The van der Waals surface area contributed by atoms with E-state index in [-0.39, 0.29) is 14.9 Å². The first-order valence-electron chi connectivity index (χ1n) is 15.2. The van der Waals surface area contributed by atoms with Crippen LogP contribution in [0.2, 0.25) is 37.3 Å². The molecule has 0 saturated heterocycles. The predicted octanol–water partition coefficient (Wildman–Crippen LogP) is 12.6. The normalized spacial score (nSPS) is 28.4. The molecule has 0 aromatic heterocycles. The summed E-state index contributed by atoms with van der Waals surface area (Å²) in [6, 6.07) is 16.3. The Bertz CT molecular complexity index is 1000. The van der Waals surface area contributed by atoms with E-state index in [2.05, 4.69) is 75.6 Å². The molecule has 3 fully saturated rings. The van der Waals surface area contributed by atoms with Gasteiger partial charge in [0.05, 0.1) is 0 Å². The van der Waals surface area contributed by atoms with Gasteiger partial charge in [-0.15, -0.1) is 0 Å². The van der Waals surface area contributed by atoms with Gasteiger partial charge in [-0.25, -0.2) is 0 Å². The van der Waals surface area contributed by atoms with Gasteiger partial charge in [0, 0.05) is 15.2 Å². The molecule has 0 N–H and O–H groups in total. The number of unbranched alkanes of at least 4 members (excludes halogenated alkanes) is 1. The third kappa shape index (κ3) is 7.58. The molecule has 0 bridgehead atoms. The second-order valence-corrected chi connectivity index (χ2v) is 33.6. The van der Waals surface area contributed by atoms with E-state index in [0.717, 1.165) is 34.8 Å². The zero-order valence-electron chi connectivity index (χ0n) is 26.0. The quantitative estimate of drug-likeness (QED) is 0.201. The molecule has 0 amide bonds. The van der Waals surface area contributed by atoms with Gasteiger partial charge in [0.25, 0.3) is 0 Å². The van der Waals surface area contributed by atoms with Crippen LogP contribution in [0.25, 0.3) is 10.8 Å². The number of benzene rings is 2. The summed E-state index contributed by atoms with van der Waals surface area (Å²) in [6.45, 7) is 13.9. The molecule has 5 rings (SSSR count). The summed E-state index contributed by atoms with van der Waals surface area (Å²) in [6.07, 6.45) is 16.5. The molecule has 3 aliphatic rings.